The zero-order valence-electron chi connectivity index (χ0n) is 22.7. The van der Waals surface area contributed by atoms with Crippen molar-refractivity contribution in [3.8, 4) is 0 Å². The van der Waals surface area contributed by atoms with Crippen LogP contribution in [0.5, 0.6) is 0 Å². The summed E-state index contributed by atoms with van der Waals surface area (Å²) in [6.07, 6.45) is 40.4. The molecule has 5 aliphatic carbocycles. The molecule has 0 atom stereocenters. The summed E-state index contributed by atoms with van der Waals surface area (Å²) in [5, 5.41) is 0. The van der Waals surface area contributed by atoms with Crippen molar-refractivity contribution in [3.63, 3.8) is 0 Å². The molecule has 1 heteroatoms. The van der Waals surface area contributed by atoms with Gasteiger partial charge in [-0.15, -0.1) is 0 Å². The molecule has 0 aromatic rings. The largest absolute Gasteiger partial charge is 0.294 e. The molecule has 0 aromatic carbocycles. The number of nitrogens with zero attached hydrogens (tertiary/aromatic N) is 1. The molecule has 1 nitrogen and oxygen atoms in total. The lowest BCUT2D eigenvalue weighted by Crippen LogP contribution is -2.51. The molecule has 0 saturated heterocycles. The third-order valence-corrected chi connectivity index (χ3v) is 11.0. The van der Waals surface area contributed by atoms with Crippen LogP contribution in [-0.4, -0.2) is 23.0 Å². The quantitative estimate of drug-likeness (QED) is 0.337. The minimum absolute atomic E-state index is 0.899. The van der Waals surface area contributed by atoms with E-state index in [1.165, 1.54) is 161 Å². The third kappa shape index (κ3) is 6.92. The van der Waals surface area contributed by atoms with Crippen LogP contribution in [0.2, 0.25) is 0 Å². The summed E-state index contributed by atoms with van der Waals surface area (Å²) in [6.45, 7) is 0. The van der Waals surface area contributed by atoms with Crippen molar-refractivity contribution in [2.45, 2.75) is 179 Å². The highest BCUT2D eigenvalue weighted by molar-refractivity contribution is 5.12. The van der Waals surface area contributed by atoms with E-state index < -0.39 is 0 Å². The summed E-state index contributed by atoms with van der Waals surface area (Å²) in [7, 11) is 0. The Morgan fingerprint density at radius 2 is 0.912 bits per heavy atom. The number of hydrogen-bond donors (Lipinski definition) is 0. The first kappa shape index (κ1) is 25.4. The maximum atomic E-state index is 3.17. The molecule has 0 radical (unpaired) electrons. The Morgan fingerprint density at radius 3 is 1.44 bits per heavy atom. The molecule has 0 unspecified atom stereocenters. The zero-order chi connectivity index (χ0) is 23.0. The van der Waals surface area contributed by atoms with Crippen molar-refractivity contribution in [3.05, 3.63) is 11.6 Å². The van der Waals surface area contributed by atoms with Gasteiger partial charge in [0.1, 0.15) is 0 Å². The van der Waals surface area contributed by atoms with Gasteiger partial charge < -0.3 is 0 Å². The van der Waals surface area contributed by atoms with Gasteiger partial charge in [0.15, 0.2) is 0 Å². The second kappa shape index (κ2) is 13.3. The first-order valence-electron chi connectivity index (χ1n) is 16.3. The van der Waals surface area contributed by atoms with E-state index in [1.54, 1.807) is 0 Å². The van der Waals surface area contributed by atoms with Crippen LogP contribution in [0, 0.1) is 17.8 Å². The number of rotatable bonds is 7. The highest BCUT2D eigenvalue weighted by Gasteiger charge is 2.36. The smallest absolute Gasteiger partial charge is 0.0102 e. The van der Waals surface area contributed by atoms with E-state index in [0.717, 1.165) is 35.9 Å². The zero-order valence-corrected chi connectivity index (χ0v) is 22.7. The van der Waals surface area contributed by atoms with Gasteiger partial charge in [-0.05, 0) is 88.4 Å². The van der Waals surface area contributed by atoms with Gasteiger partial charge in [0.05, 0.1) is 0 Å². The fourth-order valence-corrected chi connectivity index (χ4v) is 9.09. The molecule has 0 bridgehead atoms. The number of hydrogen-bond acceptors (Lipinski definition) is 1. The van der Waals surface area contributed by atoms with Crippen LogP contribution in [0.15, 0.2) is 11.6 Å². The molecular formula is C33H57N. The average molecular weight is 468 g/mol. The molecule has 0 heterocycles. The van der Waals surface area contributed by atoms with Gasteiger partial charge in [0.2, 0.25) is 0 Å². The molecule has 0 N–H and O–H groups in total. The Labute approximate surface area is 212 Å². The summed E-state index contributed by atoms with van der Waals surface area (Å²) < 4.78 is 0. The topological polar surface area (TPSA) is 3.24 Å². The van der Waals surface area contributed by atoms with Gasteiger partial charge in [-0.1, -0.05) is 102 Å². The van der Waals surface area contributed by atoms with Crippen LogP contribution in [0.4, 0.5) is 0 Å². The summed E-state index contributed by atoms with van der Waals surface area (Å²) in [5.74, 6) is 2.87. The van der Waals surface area contributed by atoms with E-state index in [4.69, 9.17) is 0 Å². The summed E-state index contributed by atoms with van der Waals surface area (Å²) in [6, 6.07) is 2.77. The van der Waals surface area contributed by atoms with Crippen LogP contribution in [-0.2, 0) is 0 Å². The predicted octanol–water partition coefficient (Wildman–Crippen LogP) is 9.99. The van der Waals surface area contributed by atoms with Gasteiger partial charge >= 0.3 is 0 Å². The highest BCUT2D eigenvalue weighted by atomic mass is 15.2. The lowest BCUT2D eigenvalue weighted by molar-refractivity contribution is 0.0181. The molecule has 0 aromatic heterocycles. The molecule has 34 heavy (non-hydrogen) atoms. The Balaban J connectivity index is 1.22. The van der Waals surface area contributed by atoms with Crippen molar-refractivity contribution in [2.24, 2.45) is 17.8 Å². The standard InChI is InChI=1S/C33H57N/c1-5-13-27(14-6-1)25-30(29-15-7-2-8-16-29)26-28-21-23-33(24-22-28)34(31-17-9-3-10-18-31)32-19-11-4-12-20-32/h26-29,31-33H,1-25H2. The molecule has 194 valence electrons. The fraction of sp³-hybridized carbons (Fsp3) is 0.939. The van der Waals surface area contributed by atoms with Crippen LogP contribution in [0.1, 0.15) is 161 Å². The number of allylic oxidation sites excluding steroid dienone is 2. The average Bonchev–Trinajstić information content (AvgIpc) is 2.92. The van der Waals surface area contributed by atoms with E-state index in [-0.39, 0.29) is 0 Å². The second-order valence-electron chi connectivity index (χ2n) is 13.4. The van der Waals surface area contributed by atoms with Crippen LogP contribution >= 0.6 is 0 Å². The van der Waals surface area contributed by atoms with E-state index >= 15 is 0 Å². The minimum Gasteiger partial charge on any atom is -0.294 e. The van der Waals surface area contributed by atoms with Gasteiger partial charge in [0, 0.05) is 18.1 Å². The molecular weight excluding hydrogens is 410 g/mol. The van der Waals surface area contributed by atoms with Gasteiger partial charge in [-0.3, -0.25) is 4.90 Å². The van der Waals surface area contributed by atoms with Crippen molar-refractivity contribution in [1.29, 1.82) is 0 Å². The van der Waals surface area contributed by atoms with E-state index in [1.807, 2.05) is 5.57 Å². The summed E-state index contributed by atoms with van der Waals surface area (Å²) >= 11 is 0. The summed E-state index contributed by atoms with van der Waals surface area (Å²) in [5.41, 5.74) is 1.95. The lowest BCUT2D eigenvalue weighted by Gasteiger charge is -2.48. The summed E-state index contributed by atoms with van der Waals surface area (Å²) in [4.78, 5) is 3.17. The highest BCUT2D eigenvalue weighted by Crippen LogP contribution is 2.41. The lowest BCUT2D eigenvalue weighted by atomic mass is 9.74. The maximum Gasteiger partial charge on any atom is 0.0102 e. The van der Waals surface area contributed by atoms with E-state index in [0.29, 0.717) is 0 Å². The Morgan fingerprint density at radius 1 is 0.471 bits per heavy atom. The molecule has 0 amide bonds. The predicted molar refractivity (Wildman–Crippen MR) is 147 cm³/mol. The molecule has 5 rings (SSSR count). The Bertz CT molecular complexity index is 572. The minimum atomic E-state index is 0.899. The fourth-order valence-electron chi connectivity index (χ4n) is 9.09. The molecule has 0 spiro atoms. The van der Waals surface area contributed by atoms with Gasteiger partial charge in [-0.2, -0.15) is 0 Å². The first-order chi connectivity index (χ1) is 16.9. The van der Waals surface area contributed by atoms with Crippen molar-refractivity contribution in [2.75, 3.05) is 0 Å². The van der Waals surface area contributed by atoms with Gasteiger partial charge in [-0.25, -0.2) is 0 Å². The first-order valence-corrected chi connectivity index (χ1v) is 16.3. The second-order valence-corrected chi connectivity index (χ2v) is 13.4. The van der Waals surface area contributed by atoms with E-state index in [9.17, 15) is 0 Å². The Kier molecular flexibility index (Phi) is 9.92. The normalized spacial score (nSPS) is 32.3. The molecule has 5 aliphatic rings. The van der Waals surface area contributed by atoms with Crippen molar-refractivity contribution in [1.82, 2.24) is 4.90 Å². The van der Waals surface area contributed by atoms with Crippen molar-refractivity contribution >= 4 is 0 Å². The van der Waals surface area contributed by atoms with E-state index in [2.05, 4.69) is 11.0 Å². The molecule has 0 aliphatic heterocycles. The van der Waals surface area contributed by atoms with Gasteiger partial charge in [0.25, 0.3) is 0 Å². The van der Waals surface area contributed by atoms with Crippen LogP contribution in [0.3, 0.4) is 0 Å². The Hall–Kier alpha value is -0.300. The molecule has 5 saturated carbocycles. The monoisotopic (exact) mass is 467 g/mol. The maximum absolute atomic E-state index is 3.17. The SMILES string of the molecule is C(=C(CC1CCCCC1)C1CCCCC1)C1CCC(N(C2CCCCC2)C2CCCCC2)CC1. The van der Waals surface area contributed by atoms with Crippen molar-refractivity contribution < 1.29 is 0 Å². The third-order valence-electron chi connectivity index (χ3n) is 11.0. The van der Waals surface area contributed by atoms with Crippen LogP contribution < -0.4 is 0 Å². The van der Waals surface area contributed by atoms with Crippen LogP contribution in [0.25, 0.3) is 0 Å². The molecule has 5 fully saturated rings.